The normalized spacial score (nSPS) is 12.0. The van der Waals surface area contributed by atoms with E-state index in [0.29, 0.717) is 13.2 Å². The molecule has 2 aromatic carbocycles. The molecule has 0 radical (unpaired) electrons. The zero-order chi connectivity index (χ0) is 31.3. The third-order valence-corrected chi connectivity index (χ3v) is 6.06. The number of ether oxygens (including phenoxy) is 4. The summed E-state index contributed by atoms with van der Waals surface area (Å²) in [4.78, 5) is 62.7. The van der Waals surface area contributed by atoms with Crippen LogP contribution in [-0.2, 0) is 56.1 Å². The van der Waals surface area contributed by atoms with Crippen molar-refractivity contribution in [2.75, 3.05) is 33.5 Å². The molecule has 2 rings (SSSR count). The second-order valence-electron chi connectivity index (χ2n) is 9.58. The molecule has 3 N–H and O–H groups in total. The Kier molecular flexibility index (Phi) is 16.7. The first kappa shape index (κ1) is 34.9. The number of carbonyl (C=O) groups excluding carboxylic acids is 5. The fourth-order valence-corrected chi connectivity index (χ4v) is 3.81. The minimum atomic E-state index is -1.11. The first-order valence-corrected chi connectivity index (χ1v) is 14.1. The van der Waals surface area contributed by atoms with Crippen LogP contribution in [0.15, 0.2) is 60.7 Å². The molecule has 12 nitrogen and oxygen atoms in total. The quantitative estimate of drug-likeness (QED) is 0.152. The summed E-state index contributed by atoms with van der Waals surface area (Å²) in [6.45, 7) is 2.53. The van der Waals surface area contributed by atoms with Gasteiger partial charge in [-0.15, -0.1) is 0 Å². The highest BCUT2D eigenvalue weighted by atomic mass is 16.5. The van der Waals surface area contributed by atoms with Gasteiger partial charge >= 0.3 is 11.9 Å². The summed E-state index contributed by atoms with van der Waals surface area (Å²) < 4.78 is 20.8. The summed E-state index contributed by atoms with van der Waals surface area (Å²) in [5.41, 5.74) is 1.62. The number of benzene rings is 2. The van der Waals surface area contributed by atoms with Gasteiger partial charge in [0.15, 0.2) is 0 Å². The summed E-state index contributed by atoms with van der Waals surface area (Å²) in [7, 11) is 1.55. The third kappa shape index (κ3) is 15.5. The zero-order valence-electron chi connectivity index (χ0n) is 24.7. The van der Waals surface area contributed by atoms with Crippen molar-refractivity contribution >= 4 is 29.7 Å². The molecule has 12 heteroatoms. The Morgan fingerprint density at radius 3 is 1.67 bits per heavy atom. The molecule has 234 valence electrons. The van der Waals surface area contributed by atoms with E-state index in [1.807, 2.05) is 60.7 Å². The van der Waals surface area contributed by atoms with Crippen molar-refractivity contribution in [1.29, 1.82) is 0 Å². The average molecular weight is 600 g/mol. The molecular weight excluding hydrogens is 558 g/mol. The Balaban J connectivity index is 1.96. The topological polar surface area (TPSA) is 158 Å². The number of hydrogen-bond acceptors (Lipinski definition) is 9. The molecular formula is C31H41N3O9. The second kappa shape index (κ2) is 20.6. The molecule has 0 saturated heterocycles. The van der Waals surface area contributed by atoms with Crippen LogP contribution in [0.3, 0.4) is 0 Å². The molecule has 0 unspecified atom stereocenters. The lowest BCUT2D eigenvalue weighted by Gasteiger charge is -2.22. The maximum Gasteiger partial charge on any atom is 0.306 e. The highest BCUT2D eigenvalue weighted by molar-refractivity contribution is 5.92. The largest absolute Gasteiger partial charge is 0.461 e. The van der Waals surface area contributed by atoms with E-state index in [9.17, 15) is 24.0 Å². The van der Waals surface area contributed by atoms with Gasteiger partial charge in [-0.3, -0.25) is 24.0 Å². The molecule has 0 bridgehead atoms. The summed E-state index contributed by atoms with van der Waals surface area (Å²) in [6, 6.07) is 16.0. The van der Waals surface area contributed by atoms with Crippen LogP contribution >= 0.6 is 0 Å². The number of esters is 2. The molecule has 0 aliphatic rings. The van der Waals surface area contributed by atoms with Crippen molar-refractivity contribution in [3.8, 4) is 0 Å². The van der Waals surface area contributed by atoms with Crippen molar-refractivity contribution in [3.63, 3.8) is 0 Å². The fourth-order valence-electron chi connectivity index (χ4n) is 3.81. The molecule has 0 fully saturated rings. The average Bonchev–Trinajstić information content (AvgIpc) is 3.01. The van der Waals surface area contributed by atoms with Crippen molar-refractivity contribution in [2.24, 2.45) is 0 Å². The van der Waals surface area contributed by atoms with E-state index in [2.05, 4.69) is 16.0 Å². The van der Waals surface area contributed by atoms with E-state index >= 15 is 0 Å². The van der Waals surface area contributed by atoms with Gasteiger partial charge in [-0.25, -0.2) is 0 Å². The van der Waals surface area contributed by atoms with Crippen molar-refractivity contribution < 1.29 is 42.9 Å². The maximum atomic E-state index is 13.2. The van der Waals surface area contributed by atoms with Crippen molar-refractivity contribution in [1.82, 2.24) is 16.0 Å². The molecule has 0 heterocycles. The molecule has 0 aliphatic carbocycles. The highest BCUT2D eigenvalue weighted by Crippen LogP contribution is 2.08. The smallest absolute Gasteiger partial charge is 0.306 e. The minimum absolute atomic E-state index is 0.0539. The van der Waals surface area contributed by atoms with Gasteiger partial charge in [0, 0.05) is 33.4 Å². The van der Waals surface area contributed by atoms with Crippen molar-refractivity contribution in [2.45, 2.75) is 57.9 Å². The van der Waals surface area contributed by atoms with Gasteiger partial charge in [-0.1, -0.05) is 60.7 Å². The van der Waals surface area contributed by atoms with Gasteiger partial charge in [0.05, 0.1) is 19.8 Å². The van der Waals surface area contributed by atoms with E-state index in [4.69, 9.17) is 18.9 Å². The minimum Gasteiger partial charge on any atom is -0.461 e. The van der Waals surface area contributed by atoms with E-state index in [1.165, 1.54) is 6.92 Å². The fraction of sp³-hybridized carbons (Fsp3) is 0.452. The number of methoxy groups -OCH3 is 1. The molecule has 2 atom stereocenters. The van der Waals surface area contributed by atoms with E-state index < -0.39 is 41.7 Å². The predicted molar refractivity (Wildman–Crippen MR) is 156 cm³/mol. The summed E-state index contributed by atoms with van der Waals surface area (Å²) in [5, 5.41) is 7.80. The van der Waals surface area contributed by atoms with Gasteiger partial charge in [-0.2, -0.15) is 0 Å². The molecule has 0 aliphatic heterocycles. The summed E-state index contributed by atoms with van der Waals surface area (Å²) in [5.74, 6) is -2.80. The van der Waals surface area contributed by atoms with Crippen LogP contribution in [0.2, 0.25) is 0 Å². The lowest BCUT2D eigenvalue weighted by Crippen LogP contribution is -2.54. The van der Waals surface area contributed by atoms with E-state index in [0.717, 1.165) is 11.1 Å². The molecule has 2 aromatic rings. The molecule has 43 heavy (non-hydrogen) atoms. The SMILES string of the molecule is COCCOCCNC(=O)[C@@H](CCC(=O)OCc1ccccc1)NC(=O)[C@H](CCC(=O)OCc1ccccc1)NC(C)=O. The monoisotopic (exact) mass is 599 g/mol. The lowest BCUT2D eigenvalue weighted by molar-refractivity contribution is -0.146. The van der Waals surface area contributed by atoms with Crippen molar-refractivity contribution in [3.05, 3.63) is 71.8 Å². The Bertz CT molecular complexity index is 1150. The van der Waals surface area contributed by atoms with E-state index in [1.54, 1.807) is 7.11 Å². The Labute approximate surface area is 251 Å². The van der Waals surface area contributed by atoms with Gasteiger partial charge in [-0.05, 0) is 24.0 Å². The highest BCUT2D eigenvalue weighted by Gasteiger charge is 2.27. The van der Waals surface area contributed by atoms with Crippen LogP contribution in [0.25, 0.3) is 0 Å². The van der Waals surface area contributed by atoms with Crippen LogP contribution < -0.4 is 16.0 Å². The van der Waals surface area contributed by atoms with Crippen LogP contribution in [0.1, 0.15) is 43.7 Å². The lowest BCUT2D eigenvalue weighted by atomic mass is 10.1. The van der Waals surface area contributed by atoms with Gasteiger partial charge in [0.25, 0.3) is 0 Å². The number of amides is 3. The summed E-state index contributed by atoms with van der Waals surface area (Å²) in [6.07, 6.45) is -0.402. The van der Waals surface area contributed by atoms with Gasteiger partial charge < -0.3 is 34.9 Å². The van der Waals surface area contributed by atoms with E-state index in [-0.39, 0.29) is 52.0 Å². The predicted octanol–water partition coefficient (Wildman–Crippen LogP) is 1.80. The second-order valence-corrected chi connectivity index (χ2v) is 9.58. The van der Waals surface area contributed by atoms with Gasteiger partial charge in [0.2, 0.25) is 17.7 Å². The Hall–Kier alpha value is -4.29. The molecule has 0 saturated carbocycles. The zero-order valence-corrected chi connectivity index (χ0v) is 24.7. The first-order chi connectivity index (χ1) is 20.8. The first-order valence-electron chi connectivity index (χ1n) is 14.1. The van der Waals surface area contributed by atoms with Gasteiger partial charge in [0.1, 0.15) is 25.3 Å². The number of carbonyl (C=O) groups is 5. The Morgan fingerprint density at radius 1 is 0.674 bits per heavy atom. The number of nitrogens with one attached hydrogen (secondary N) is 3. The standard InChI is InChI=1S/C31H41N3O9/c1-23(35)33-27(14-16-29(37)43-22-25-11-7-4-8-12-25)31(39)34-26(30(38)32-17-18-41-20-19-40-2)13-15-28(36)42-21-24-9-5-3-6-10-24/h3-12,26-27H,13-22H2,1-2H3,(H,32,38)(H,33,35)(H,34,39)/t26-,27+/m1/s1. The van der Waals surface area contributed by atoms with Crippen LogP contribution in [0.5, 0.6) is 0 Å². The number of hydrogen-bond donors (Lipinski definition) is 3. The Morgan fingerprint density at radius 2 is 1.19 bits per heavy atom. The van der Waals surface area contributed by atoms with Crippen LogP contribution in [0.4, 0.5) is 0 Å². The molecule has 3 amide bonds. The van der Waals surface area contributed by atoms with Crippen LogP contribution in [-0.4, -0.2) is 75.2 Å². The van der Waals surface area contributed by atoms with Crippen LogP contribution in [0, 0.1) is 0 Å². The molecule has 0 aromatic heterocycles. The summed E-state index contributed by atoms with van der Waals surface area (Å²) >= 11 is 0. The number of rotatable bonds is 20. The molecule has 0 spiro atoms. The maximum absolute atomic E-state index is 13.2. The third-order valence-electron chi connectivity index (χ3n) is 6.06.